The molecule has 84 valence electrons. The molecule has 2 rings (SSSR count). The second-order valence-corrected chi connectivity index (χ2v) is 3.67. The van der Waals surface area contributed by atoms with Gasteiger partial charge in [-0.3, -0.25) is 0 Å². The Morgan fingerprint density at radius 1 is 1.31 bits per heavy atom. The minimum Gasteiger partial charge on any atom is -0.493 e. The van der Waals surface area contributed by atoms with E-state index in [4.69, 9.17) is 4.74 Å². The Morgan fingerprint density at radius 2 is 2.12 bits per heavy atom. The maximum Gasteiger partial charge on any atom is 0.168 e. The van der Waals surface area contributed by atoms with Crippen molar-refractivity contribution in [3.63, 3.8) is 0 Å². The van der Waals surface area contributed by atoms with Crippen LogP contribution in [0.4, 0.5) is 5.82 Å². The number of hydrogen-bond donors (Lipinski definition) is 1. The molecule has 1 aromatic carbocycles. The molecular formula is C11H13N3OS. The highest BCUT2D eigenvalue weighted by Gasteiger charge is 2.13. The van der Waals surface area contributed by atoms with E-state index < -0.39 is 0 Å². The number of benzene rings is 1. The molecule has 1 heterocycles. The van der Waals surface area contributed by atoms with Gasteiger partial charge in [-0.15, -0.1) is 0 Å². The summed E-state index contributed by atoms with van der Waals surface area (Å²) in [7, 11) is 1.84. The Kier molecular flexibility index (Phi) is 3.36. The van der Waals surface area contributed by atoms with Gasteiger partial charge in [0.15, 0.2) is 5.82 Å². The van der Waals surface area contributed by atoms with Crippen LogP contribution in [0.3, 0.4) is 0 Å². The SMILES string of the molecule is CCOc1ccccc1-c1nsnc1NC. The Morgan fingerprint density at radius 3 is 2.88 bits per heavy atom. The van der Waals surface area contributed by atoms with E-state index in [2.05, 4.69) is 14.1 Å². The molecule has 0 unspecified atom stereocenters. The molecule has 16 heavy (non-hydrogen) atoms. The molecule has 0 saturated heterocycles. The summed E-state index contributed by atoms with van der Waals surface area (Å²) >= 11 is 1.19. The van der Waals surface area contributed by atoms with Gasteiger partial charge in [-0.1, -0.05) is 12.1 Å². The summed E-state index contributed by atoms with van der Waals surface area (Å²) in [5, 5.41) is 3.02. The zero-order valence-corrected chi connectivity index (χ0v) is 10.0. The standard InChI is InChI=1S/C11H13N3OS/c1-3-15-9-7-5-4-6-8(9)10-11(12-2)14-16-13-10/h4-7H,3H2,1-2H3,(H,12,14). The minimum atomic E-state index is 0.642. The van der Waals surface area contributed by atoms with Crippen LogP contribution in [0.15, 0.2) is 24.3 Å². The van der Waals surface area contributed by atoms with Gasteiger partial charge in [0.1, 0.15) is 11.4 Å². The lowest BCUT2D eigenvalue weighted by atomic mass is 10.1. The second kappa shape index (κ2) is 4.94. The summed E-state index contributed by atoms with van der Waals surface area (Å²) < 4.78 is 14.0. The van der Waals surface area contributed by atoms with Crippen LogP contribution in [0.2, 0.25) is 0 Å². The lowest BCUT2D eigenvalue weighted by molar-refractivity contribution is 0.341. The summed E-state index contributed by atoms with van der Waals surface area (Å²) in [5.74, 6) is 1.63. The Labute approximate surface area is 98.6 Å². The smallest absolute Gasteiger partial charge is 0.168 e. The number of anilines is 1. The van der Waals surface area contributed by atoms with Crippen molar-refractivity contribution in [3.05, 3.63) is 24.3 Å². The molecule has 0 atom stereocenters. The summed E-state index contributed by atoms with van der Waals surface area (Å²) in [6.07, 6.45) is 0. The number of para-hydroxylation sites is 1. The fourth-order valence-electron chi connectivity index (χ4n) is 1.47. The van der Waals surface area contributed by atoms with Crippen LogP contribution < -0.4 is 10.1 Å². The highest BCUT2D eigenvalue weighted by atomic mass is 32.1. The molecule has 2 aromatic rings. The molecule has 0 amide bonds. The molecule has 0 radical (unpaired) electrons. The summed E-state index contributed by atoms with van der Waals surface area (Å²) in [4.78, 5) is 0. The third-order valence-electron chi connectivity index (χ3n) is 2.17. The van der Waals surface area contributed by atoms with Crippen LogP contribution in [0.1, 0.15) is 6.92 Å². The van der Waals surface area contributed by atoms with Crippen molar-refractivity contribution in [2.75, 3.05) is 19.0 Å². The first kappa shape index (κ1) is 10.9. The topological polar surface area (TPSA) is 47.0 Å². The molecule has 1 N–H and O–H groups in total. The molecule has 0 spiro atoms. The van der Waals surface area contributed by atoms with Crippen LogP contribution in [-0.4, -0.2) is 22.4 Å². The van der Waals surface area contributed by atoms with Crippen LogP contribution in [0.5, 0.6) is 5.75 Å². The maximum absolute atomic E-state index is 5.57. The van der Waals surface area contributed by atoms with Crippen molar-refractivity contribution in [2.24, 2.45) is 0 Å². The molecule has 0 bridgehead atoms. The summed E-state index contributed by atoms with van der Waals surface area (Å²) in [6, 6.07) is 7.85. The van der Waals surface area contributed by atoms with E-state index in [1.807, 2.05) is 38.2 Å². The minimum absolute atomic E-state index is 0.642. The van der Waals surface area contributed by atoms with Gasteiger partial charge >= 0.3 is 0 Å². The molecule has 0 fully saturated rings. The lowest BCUT2D eigenvalue weighted by Gasteiger charge is -2.08. The fourth-order valence-corrected chi connectivity index (χ4v) is 2.04. The first-order chi connectivity index (χ1) is 7.86. The van der Waals surface area contributed by atoms with Crippen molar-refractivity contribution >= 4 is 17.5 Å². The predicted molar refractivity (Wildman–Crippen MR) is 66.1 cm³/mol. The second-order valence-electron chi connectivity index (χ2n) is 3.14. The Hall–Kier alpha value is -1.62. The van der Waals surface area contributed by atoms with Gasteiger partial charge in [-0.2, -0.15) is 8.75 Å². The van der Waals surface area contributed by atoms with Crippen molar-refractivity contribution in [3.8, 4) is 17.0 Å². The first-order valence-electron chi connectivity index (χ1n) is 5.09. The monoisotopic (exact) mass is 235 g/mol. The van der Waals surface area contributed by atoms with Gasteiger partial charge < -0.3 is 10.1 Å². The lowest BCUT2D eigenvalue weighted by Crippen LogP contribution is -1.96. The zero-order chi connectivity index (χ0) is 11.4. The maximum atomic E-state index is 5.57. The largest absolute Gasteiger partial charge is 0.493 e. The van der Waals surface area contributed by atoms with Crippen molar-refractivity contribution in [1.29, 1.82) is 0 Å². The van der Waals surface area contributed by atoms with E-state index in [9.17, 15) is 0 Å². The highest BCUT2D eigenvalue weighted by molar-refractivity contribution is 6.99. The Balaban J connectivity index is 2.46. The van der Waals surface area contributed by atoms with E-state index in [0.29, 0.717) is 6.61 Å². The van der Waals surface area contributed by atoms with Gasteiger partial charge in [0.25, 0.3) is 0 Å². The van der Waals surface area contributed by atoms with E-state index in [1.54, 1.807) is 0 Å². The van der Waals surface area contributed by atoms with Crippen LogP contribution >= 0.6 is 11.7 Å². The van der Waals surface area contributed by atoms with Crippen molar-refractivity contribution in [2.45, 2.75) is 6.92 Å². The van der Waals surface area contributed by atoms with Crippen molar-refractivity contribution < 1.29 is 4.74 Å². The molecule has 1 aromatic heterocycles. The van der Waals surface area contributed by atoms with Gasteiger partial charge in [0, 0.05) is 12.6 Å². The van der Waals surface area contributed by atoms with Crippen molar-refractivity contribution in [1.82, 2.24) is 8.75 Å². The molecule has 0 aliphatic rings. The van der Waals surface area contributed by atoms with Crippen LogP contribution in [0, 0.1) is 0 Å². The molecular weight excluding hydrogens is 222 g/mol. The molecule has 5 heteroatoms. The third-order valence-corrected chi connectivity index (χ3v) is 2.70. The average molecular weight is 235 g/mol. The number of hydrogen-bond acceptors (Lipinski definition) is 5. The predicted octanol–water partition coefficient (Wildman–Crippen LogP) is 2.65. The Bertz CT molecular complexity index is 470. The highest BCUT2D eigenvalue weighted by Crippen LogP contribution is 2.33. The molecule has 0 aliphatic heterocycles. The van der Waals surface area contributed by atoms with E-state index in [0.717, 1.165) is 22.8 Å². The molecule has 4 nitrogen and oxygen atoms in total. The average Bonchev–Trinajstić information content (AvgIpc) is 2.78. The van der Waals surface area contributed by atoms with Crippen LogP contribution in [0.25, 0.3) is 11.3 Å². The third kappa shape index (κ3) is 1.99. The van der Waals surface area contributed by atoms with Gasteiger partial charge in [0.2, 0.25) is 0 Å². The molecule has 0 aliphatic carbocycles. The van der Waals surface area contributed by atoms with E-state index in [1.165, 1.54) is 11.7 Å². The van der Waals surface area contributed by atoms with E-state index in [-0.39, 0.29) is 0 Å². The number of rotatable bonds is 4. The quantitative estimate of drug-likeness (QED) is 0.885. The molecule has 0 saturated carbocycles. The van der Waals surface area contributed by atoms with Gasteiger partial charge in [-0.05, 0) is 19.1 Å². The summed E-state index contributed by atoms with van der Waals surface area (Å²) in [6.45, 7) is 2.61. The van der Waals surface area contributed by atoms with Gasteiger partial charge in [0.05, 0.1) is 18.3 Å². The zero-order valence-electron chi connectivity index (χ0n) is 9.23. The number of nitrogens with one attached hydrogen (secondary N) is 1. The summed E-state index contributed by atoms with van der Waals surface area (Å²) in [5.41, 5.74) is 1.82. The van der Waals surface area contributed by atoms with Gasteiger partial charge in [-0.25, -0.2) is 0 Å². The fraction of sp³-hybridized carbons (Fsp3) is 0.273. The number of nitrogens with zero attached hydrogens (tertiary/aromatic N) is 2. The number of ether oxygens (including phenoxy) is 1. The normalized spacial score (nSPS) is 10.1. The first-order valence-corrected chi connectivity index (χ1v) is 5.82. The number of aromatic nitrogens is 2. The van der Waals surface area contributed by atoms with Crippen LogP contribution in [-0.2, 0) is 0 Å². The van der Waals surface area contributed by atoms with E-state index >= 15 is 0 Å².